The summed E-state index contributed by atoms with van der Waals surface area (Å²) in [6.45, 7) is 2.16. The molecule has 0 aliphatic rings. The number of benzene rings is 1. The van der Waals surface area contributed by atoms with Gasteiger partial charge in [0.2, 0.25) is 0 Å². The van der Waals surface area contributed by atoms with Crippen LogP contribution in [0.1, 0.15) is 31.4 Å². The van der Waals surface area contributed by atoms with Gasteiger partial charge in [-0.05, 0) is 12.0 Å². The lowest BCUT2D eigenvalue weighted by Gasteiger charge is -2.20. The van der Waals surface area contributed by atoms with Gasteiger partial charge in [-0.2, -0.15) is 0 Å². The summed E-state index contributed by atoms with van der Waals surface area (Å²) in [6, 6.07) is 6.16. The number of carbonyl (C=O) groups is 3. The van der Waals surface area contributed by atoms with E-state index in [1.165, 1.54) is 7.05 Å². The molecule has 3 amide bonds. The van der Waals surface area contributed by atoms with E-state index in [0.29, 0.717) is 16.9 Å². The Balaban J connectivity index is 2.67. The lowest BCUT2D eigenvalue weighted by atomic mass is 10.1. The maximum Gasteiger partial charge on any atom is 0.417 e. The summed E-state index contributed by atoms with van der Waals surface area (Å²) in [5.74, 6) is -1.22. The quantitative estimate of drug-likeness (QED) is 0.787. The fraction of sp³-hybridized carbons (Fsp3) is 0.400. The van der Waals surface area contributed by atoms with Crippen molar-refractivity contribution in [2.24, 2.45) is 0 Å². The Morgan fingerprint density at radius 1 is 1.27 bits per heavy atom. The van der Waals surface area contributed by atoms with Crippen molar-refractivity contribution >= 4 is 18.1 Å². The standard InChI is InChI=1S/C15H20N2O5/c1-3-4-10-22-15(21)17(2)14(20)16-12(13(18)19)11-8-6-5-7-9-11/h5-9,12H,3-4,10H2,1-2H3,(H,16,20)(H,18,19). The fourth-order valence-corrected chi connectivity index (χ4v) is 1.64. The molecule has 1 atom stereocenters. The van der Waals surface area contributed by atoms with E-state index < -0.39 is 24.1 Å². The molecule has 0 spiro atoms. The van der Waals surface area contributed by atoms with Crippen molar-refractivity contribution in [1.82, 2.24) is 10.2 Å². The molecule has 0 radical (unpaired) electrons. The molecule has 7 nitrogen and oxygen atoms in total. The number of ether oxygens (including phenoxy) is 1. The zero-order chi connectivity index (χ0) is 16.5. The van der Waals surface area contributed by atoms with Gasteiger partial charge in [-0.3, -0.25) is 0 Å². The van der Waals surface area contributed by atoms with Crippen molar-refractivity contribution in [2.75, 3.05) is 13.7 Å². The van der Waals surface area contributed by atoms with Gasteiger partial charge in [0, 0.05) is 7.05 Å². The number of amides is 3. The lowest BCUT2D eigenvalue weighted by molar-refractivity contribution is -0.139. The Hall–Kier alpha value is -2.57. The minimum absolute atomic E-state index is 0.216. The van der Waals surface area contributed by atoms with Crippen molar-refractivity contribution < 1.29 is 24.2 Å². The molecule has 0 saturated carbocycles. The highest BCUT2D eigenvalue weighted by atomic mass is 16.6. The maximum absolute atomic E-state index is 12.0. The van der Waals surface area contributed by atoms with Crippen molar-refractivity contribution in [2.45, 2.75) is 25.8 Å². The van der Waals surface area contributed by atoms with Crippen LogP contribution in [0.2, 0.25) is 0 Å². The largest absolute Gasteiger partial charge is 0.479 e. The minimum atomic E-state index is -1.24. The number of nitrogens with zero attached hydrogens (tertiary/aromatic N) is 1. The Bertz CT molecular complexity index is 518. The summed E-state index contributed by atoms with van der Waals surface area (Å²) in [7, 11) is 1.23. The highest BCUT2D eigenvalue weighted by Crippen LogP contribution is 2.13. The van der Waals surface area contributed by atoms with Gasteiger partial charge in [-0.25, -0.2) is 19.3 Å². The molecule has 1 aromatic rings. The number of rotatable bonds is 6. The van der Waals surface area contributed by atoms with Gasteiger partial charge >= 0.3 is 18.1 Å². The number of nitrogens with one attached hydrogen (secondary N) is 1. The van der Waals surface area contributed by atoms with Crippen molar-refractivity contribution in [1.29, 1.82) is 0 Å². The third-order valence-corrected chi connectivity index (χ3v) is 2.95. The summed E-state index contributed by atoms with van der Waals surface area (Å²) in [4.78, 5) is 35.6. The van der Waals surface area contributed by atoms with Gasteiger partial charge in [0.15, 0.2) is 6.04 Å². The summed E-state index contributed by atoms with van der Waals surface area (Å²) in [6.07, 6.45) is 0.740. The predicted molar refractivity (Wildman–Crippen MR) is 79.4 cm³/mol. The third-order valence-electron chi connectivity index (χ3n) is 2.95. The number of hydrogen-bond donors (Lipinski definition) is 2. The number of carboxylic acid groups (broad SMARTS) is 1. The van der Waals surface area contributed by atoms with Crippen LogP contribution in [0, 0.1) is 0 Å². The average Bonchev–Trinajstić information content (AvgIpc) is 2.52. The Kier molecular flexibility index (Phi) is 6.88. The second-order valence-corrected chi connectivity index (χ2v) is 4.66. The van der Waals surface area contributed by atoms with Crippen molar-refractivity contribution in [3.8, 4) is 0 Å². The van der Waals surface area contributed by atoms with Gasteiger partial charge in [-0.15, -0.1) is 0 Å². The van der Waals surface area contributed by atoms with E-state index in [2.05, 4.69) is 5.32 Å². The van der Waals surface area contributed by atoms with Gasteiger partial charge in [0.25, 0.3) is 0 Å². The third kappa shape index (κ3) is 5.08. The van der Waals surface area contributed by atoms with Crippen LogP contribution >= 0.6 is 0 Å². The molecule has 2 N–H and O–H groups in total. The van der Waals surface area contributed by atoms with Gasteiger partial charge in [0.1, 0.15) is 0 Å². The van der Waals surface area contributed by atoms with Crippen LogP contribution in [-0.2, 0) is 9.53 Å². The highest BCUT2D eigenvalue weighted by Gasteiger charge is 2.26. The van der Waals surface area contributed by atoms with E-state index >= 15 is 0 Å². The zero-order valence-corrected chi connectivity index (χ0v) is 12.6. The second-order valence-electron chi connectivity index (χ2n) is 4.66. The smallest absolute Gasteiger partial charge is 0.417 e. The Labute approximate surface area is 128 Å². The molecule has 0 fully saturated rings. The average molecular weight is 308 g/mol. The molecule has 22 heavy (non-hydrogen) atoms. The number of hydrogen-bond acceptors (Lipinski definition) is 4. The van der Waals surface area contributed by atoms with Gasteiger partial charge in [-0.1, -0.05) is 43.7 Å². The number of imide groups is 1. The predicted octanol–water partition coefficient (Wildman–Crippen LogP) is 2.39. The molecule has 7 heteroatoms. The topological polar surface area (TPSA) is 95.9 Å². The molecule has 0 heterocycles. The molecular formula is C15H20N2O5. The number of carboxylic acids is 1. The first-order valence-corrected chi connectivity index (χ1v) is 6.96. The Morgan fingerprint density at radius 2 is 1.91 bits per heavy atom. The van der Waals surface area contributed by atoms with Crippen molar-refractivity contribution in [3.05, 3.63) is 35.9 Å². The molecule has 1 unspecified atom stereocenters. The van der Waals surface area contributed by atoms with Crippen LogP contribution < -0.4 is 5.32 Å². The molecule has 0 aliphatic carbocycles. The van der Waals surface area contributed by atoms with E-state index in [1.54, 1.807) is 30.3 Å². The summed E-state index contributed by atoms with van der Waals surface area (Å²) in [5, 5.41) is 11.5. The molecule has 1 rings (SSSR count). The van der Waals surface area contributed by atoms with E-state index in [1.807, 2.05) is 6.92 Å². The first-order valence-electron chi connectivity index (χ1n) is 6.96. The molecule has 0 aliphatic heterocycles. The van der Waals surface area contributed by atoms with Crippen LogP contribution in [0.15, 0.2) is 30.3 Å². The van der Waals surface area contributed by atoms with Crippen LogP contribution in [-0.4, -0.2) is 41.8 Å². The summed E-state index contributed by atoms with van der Waals surface area (Å²) in [5.41, 5.74) is 0.413. The van der Waals surface area contributed by atoms with Gasteiger partial charge < -0.3 is 15.2 Å². The van der Waals surface area contributed by atoms with E-state index in [0.717, 1.165) is 6.42 Å². The molecule has 0 aromatic heterocycles. The number of carbonyl (C=O) groups excluding carboxylic acids is 2. The lowest BCUT2D eigenvalue weighted by Crippen LogP contribution is -2.44. The molecular weight excluding hydrogens is 288 g/mol. The first kappa shape index (κ1) is 17.5. The van der Waals surface area contributed by atoms with Crippen LogP contribution in [0.4, 0.5) is 9.59 Å². The molecule has 0 saturated heterocycles. The van der Waals surface area contributed by atoms with E-state index in [4.69, 9.17) is 4.74 Å². The number of unbranched alkanes of at least 4 members (excludes halogenated alkanes) is 1. The van der Waals surface area contributed by atoms with Crippen molar-refractivity contribution in [3.63, 3.8) is 0 Å². The SMILES string of the molecule is CCCCOC(=O)N(C)C(=O)NC(C(=O)O)c1ccccc1. The van der Waals surface area contributed by atoms with Gasteiger partial charge in [0.05, 0.1) is 6.61 Å². The van der Waals surface area contributed by atoms with Crippen LogP contribution in [0.5, 0.6) is 0 Å². The number of aliphatic carboxylic acids is 1. The van der Waals surface area contributed by atoms with E-state index in [9.17, 15) is 19.5 Å². The molecule has 0 bridgehead atoms. The molecule has 120 valence electrons. The normalized spacial score (nSPS) is 11.4. The first-order chi connectivity index (χ1) is 10.5. The second kappa shape index (κ2) is 8.66. The zero-order valence-electron chi connectivity index (χ0n) is 12.6. The van der Waals surface area contributed by atoms with Crippen LogP contribution in [0.3, 0.4) is 0 Å². The Morgan fingerprint density at radius 3 is 2.45 bits per heavy atom. The highest BCUT2D eigenvalue weighted by molar-refractivity contribution is 5.92. The molecule has 1 aromatic carbocycles. The number of urea groups is 1. The van der Waals surface area contributed by atoms with Crippen LogP contribution in [0.25, 0.3) is 0 Å². The summed E-state index contributed by atoms with van der Waals surface area (Å²) < 4.78 is 4.89. The summed E-state index contributed by atoms with van der Waals surface area (Å²) >= 11 is 0. The minimum Gasteiger partial charge on any atom is -0.479 e. The monoisotopic (exact) mass is 308 g/mol. The van der Waals surface area contributed by atoms with E-state index in [-0.39, 0.29) is 6.61 Å². The fourth-order valence-electron chi connectivity index (χ4n) is 1.64. The maximum atomic E-state index is 12.0.